The third-order valence-corrected chi connectivity index (χ3v) is 4.79. The van der Waals surface area contributed by atoms with Crippen molar-refractivity contribution in [2.24, 2.45) is 0 Å². The zero-order valence-corrected chi connectivity index (χ0v) is 12.7. The van der Waals surface area contributed by atoms with Crippen LogP contribution in [-0.4, -0.2) is 19.9 Å². The van der Waals surface area contributed by atoms with E-state index in [1.807, 2.05) is 0 Å². The fourth-order valence-corrected chi connectivity index (χ4v) is 3.21. The van der Waals surface area contributed by atoms with Crippen molar-refractivity contribution >= 4 is 21.1 Å². The number of H-pyrrole nitrogens is 1. The quantitative estimate of drug-likeness (QED) is 0.743. The minimum Gasteiger partial charge on any atom is -0.408 e. The molecule has 3 rings (SSSR count). The molecule has 0 bridgehead atoms. The largest absolute Gasteiger partial charge is 0.417 e. The molecular weight excluding hydrogens is 323 g/mol. The molecule has 0 spiro atoms. The van der Waals surface area contributed by atoms with Crippen LogP contribution in [0, 0.1) is 5.82 Å². The van der Waals surface area contributed by atoms with Gasteiger partial charge in [0, 0.05) is 6.54 Å². The van der Waals surface area contributed by atoms with Crippen LogP contribution in [0.1, 0.15) is 5.56 Å². The molecule has 23 heavy (non-hydrogen) atoms. The lowest BCUT2D eigenvalue weighted by Gasteiger charge is -2.07. The first-order valence-electron chi connectivity index (χ1n) is 6.81. The van der Waals surface area contributed by atoms with E-state index in [-0.39, 0.29) is 11.4 Å². The molecule has 120 valence electrons. The summed E-state index contributed by atoms with van der Waals surface area (Å²) in [6, 6.07) is 9.74. The summed E-state index contributed by atoms with van der Waals surface area (Å²) in [5.41, 5.74) is 1.86. The Balaban J connectivity index is 1.67. The summed E-state index contributed by atoms with van der Waals surface area (Å²) >= 11 is 0. The highest BCUT2D eigenvalue weighted by Crippen LogP contribution is 2.13. The number of nitrogens with one attached hydrogen (secondary N) is 2. The minimum atomic E-state index is -3.68. The van der Waals surface area contributed by atoms with Gasteiger partial charge in [-0.25, -0.2) is 22.3 Å². The molecule has 3 aromatic rings. The molecule has 8 heteroatoms. The molecule has 0 unspecified atom stereocenters. The van der Waals surface area contributed by atoms with Crippen molar-refractivity contribution in [1.82, 2.24) is 9.71 Å². The number of hydrogen-bond donors (Lipinski definition) is 2. The maximum Gasteiger partial charge on any atom is 0.417 e. The number of aromatic amines is 1. The van der Waals surface area contributed by atoms with Gasteiger partial charge in [0.2, 0.25) is 10.0 Å². The van der Waals surface area contributed by atoms with Crippen molar-refractivity contribution in [3.8, 4) is 0 Å². The number of fused-ring (bicyclic) bond motifs is 1. The Bertz CT molecular complexity index is 990. The van der Waals surface area contributed by atoms with Gasteiger partial charge in [0.1, 0.15) is 5.82 Å². The Labute approximate surface area is 131 Å². The molecule has 1 aromatic heterocycles. The minimum absolute atomic E-state index is 0.00789. The molecular formula is C15H13FN2O4S. The summed E-state index contributed by atoms with van der Waals surface area (Å²) in [6.07, 6.45) is 0.434. The molecule has 1 heterocycles. The van der Waals surface area contributed by atoms with Gasteiger partial charge in [-0.3, -0.25) is 4.98 Å². The zero-order chi connectivity index (χ0) is 16.4. The number of aromatic nitrogens is 1. The van der Waals surface area contributed by atoms with Gasteiger partial charge in [0.25, 0.3) is 0 Å². The van der Waals surface area contributed by atoms with E-state index in [4.69, 9.17) is 4.42 Å². The van der Waals surface area contributed by atoms with Gasteiger partial charge in [-0.1, -0.05) is 6.07 Å². The monoisotopic (exact) mass is 336 g/mol. The van der Waals surface area contributed by atoms with E-state index >= 15 is 0 Å². The van der Waals surface area contributed by atoms with Crippen LogP contribution in [0.3, 0.4) is 0 Å². The van der Waals surface area contributed by atoms with E-state index in [0.717, 1.165) is 17.7 Å². The van der Waals surface area contributed by atoms with Crippen LogP contribution >= 0.6 is 0 Å². The van der Waals surface area contributed by atoms with Crippen molar-refractivity contribution in [1.29, 1.82) is 0 Å². The van der Waals surface area contributed by atoms with Crippen LogP contribution < -0.4 is 10.5 Å². The highest BCUT2D eigenvalue weighted by atomic mass is 32.2. The molecule has 6 nitrogen and oxygen atoms in total. The van der Waals surface area contributed by atoms with Crippen LogP contribution in [0.5, 0.6) is 0 Å². The average molecular weight is 336 g/mol. The van der Waals surface area contributed by atoms with E-state index in [1.165, 1.54) is 12.1 Å². The lowest BCUT2D eigenvalue weighted by Crippen LogP contribution is -2.26. The van der Waals surface area contributed by atoms with Gasteiger partial charge >= 0.3 is 5.76 Å². The number of halogens is 1. The Morgan fingerprint density at radius 1 is 1.13 bits per heavy atom. The second-order valence-electron chi connectivity index (χ2n) is 4.95. The summed E-state index contributed by atoms with van der Waals surface area (Å²) in [7, 11) is -3.68. The van der Waals surface area contributed by atoms with Crippen LogP contribution in [0.4, 0.5) is 4.39 Å². The van der Waals surface area contributed by atoms with Crippen LogP contribution in [0.15, 0.2) is 56.6 Å². The Kier molecular flexibility index (Phi) is 4.01. The van der Waals surface area contributed by atoms with Crippen molar-refractivity contribution in [2.75, 3.05) is 6.54 Å². The fourth-order valence-electron chi connectivity index (χ4n) is 2.18. The first-order chi connectivity index (χ1) is 10.9. The summed E-state index contributed by atoms with van der Waals surface area (Å²) < 4.78 is 44.3. The van der Waals surface area contributed by atoms with Gasteiger partial charge in [-0.15, -0.1) is 0 Å². The molecule has 0 saturated carbocycles. The van der Waals surface area contributed by atoms with E-state index < -0.39 is 21.6 Å². The molecule has 0 radical (unpaired) electrons. The van der Waals surface area contributed by atoms with Crippen LogP contribution in [-0.2, 0) is 16.4 Å². The van der Waals surface area contributed by atoms with Crippen LogP contribution in [0.25, 0.3) is 11.1 Å². The number of benzene rings is 2. The van der Waals surface area contributed by atoms with Crippen LogP contribution in [0.2, 0.25) is 0 Å². The average Bonchev–Trinajstić information content (AvgIpc) is 2.87. The fraction of sp³-hybridized carbons (Fsp3) is 0.133. The van der Waals surface area contributed by atoms with Crippen molar-refractivity contribution < 1.29 is 17.2 Å². The molecule has 2 N–H and O–H groups in total. The highest BCUT2D eigenvalue weighted by molar-refractivity contribution is 7.89. The van der Waals surface area contributed by atoms with Gasteiger partial charge < -0.3 is 4.42 Å². The lowest BCUT2D eigenvalue weighted by atomic mass is 10.1. The number of hydrogen-bond acceptors (Lipinski definition) is 4. The maximum atomic E-state index is 12.8. The normalized spacial score (nSPS) is 11.9. The van der Waals surface area contributed by atoms with Gasteiger partial charge in [-0.05, 0) is 48.4 Å². The third-order valence-electron chi connectivity index (χ3n) is 3.31. The zero-order valence-electron chi connectivity index (χ0n) is 11.9. The highest BCUT2D eigenvalue weighted by Gasteiger charge is 2.13. The predicted octanol–water partition coefficient (Wildman–Crippen LogP) is 1.78. The summed E-state index contributed by atoms with van der Waals surface area (Å²) in [4.78, 5) is 13.6. The Morgan fingerprint density at radius 3 is 2.61 bits per heavy atom. The molecule has 0 aliphatic carbocycles. The topological polar surface area (TPSA) is 92.2 Å². The molecule has 0 atom stereocenters. The Morgan fingerprint density at radius 2 is 1.87 bits per heavy atom. The Hall–Kier alpha value is -2.45. The second kappa shape index (κ2) is 5.98. The third kappa shape index (κ3) is 3.49. The molecule has 0 aliphatic rings. The second-order valence-corrected chi connectivity index (χ2v) is 6.71. The first kappa shape index (κ1) is 15.4. The lowest BCUT2D eigenvalue weighted by molar-refractivity contribution is 0.555. The SMILES string of the molecule is O=c1[nH]c2cc(CCNS(=O)(=O)c3ccc(F)cc3)ccc2o1. The van der Waals surface area contributed by atoms with E-state index in [0.29, 0.717) is 17.5 Å². The van der Waals surface area contributed by atoms with E-state index in [2.05, 4.69) is 9.71 Å². The van der Waals surface area contributed by atoms with Crippen molar-refractivity contribution in [2.45, 2.75) is 11.3 Å². The maximum absolute atomic E-state index is 12.8. The van der Waals surface area contributed by atoms with Gasteiger partial charge in [0.05, 0.1) is 10.4 Å². The van der Waals surface area contributed by atoms with Crippen molar-refractivity contribution in [3.63, 3.8) is 0 Å². The summed E-state index contributed by atoms with van der Waals surface area (Å²) in [5, 5.41) is 0. The van der Waals surface area contributed by atoms with Crippen molar-refractivity contribution in [3.05, 3.63) is 64.4 Å². The molecule has 0 aliphatic heterocycles. The van der Waals surface area contributed by atoms with Gasteiger partial charge in [-0.2, -0.15) is 0 Å². The van der Waals surface area contributed by atoms with Gasteiger partial charge in [0.15, 0.2) is 5.58 Å². The molecule has 0 saturated heterocycles. The molecule has 0 fully saturated rings. The van der Waals surface area contributed by atoms with E-state index in [9.17, 15) is 17.6 Å². The summed E-state index contributed by atoms with van der Waals surface area (Å²) in [5.74, 6) is -1.03. The summed E-state index contributed by atoms with van der Waals surface area (Å²) in [6.45, 7) is 0.174. The number of oxazole rings is 1. The predicted molar refractivity (Wildman–Crippen MR) is 82.1 cm³/mol. The first-order valence-corrected chi connectivity index (χ1v) is 8.29. The number of rotatable bonds is 5. The molecule has 0 amide bonds. The molecule has 2 aromatic carbocycles. The number of sulfonamides is 1. The van der Waals surface area contributed by atoms with E-state index in [1.54, 1.807) is 18.2 Å². The standard InChI is InChI=1S/C15H13FN2O4S/c16-11-2-4-12(5-3-11)23(20,21)17-8-7-10-1-6-14-13(9-10)18-15(19)22-14/h1-6,9,17H,7-8H2,(H,18,19). The smallest absolute Gasteiger partial charge is 0.408 e.